The number of amides is 1. The summed E-state index contributed by atoms with van der Waals surface area (Å²) in [5.74, 6) is -0.268. The quantitative estimate of drug-likeness (QED) is 0.740. The molecule has 1 saturated heterocycles. The summed E-state index contributed by atoms with van der Waals surface area (Å²) in [6.45, 7) is 0.298. The number of ether oxygens (including phenoxy) is 1. The first kappa shape index (κ1) is 14.6. The maximum atomic E-state index is 12.0. The van der Waals surface area contributed by atoms with Crippen LogP contribution in [0.1, 0.15) is 5.56 Å². The number of pyridine rings is 1. The van der Waals surface area contributed by atoms with Gasteiger partial charge >= 0.3 is 0 Å². The molecule has 0 aromatic carbocycles. The molecule has 20 heavy (non-hydrogen) atoms. The molecule has 0 bridgehead atoms. The molecule has 0 aliphatic carbocycles. The fourth-order valence-electron chi connectivity index (χ4n) is 2.03. The Hall–Kier alpha value is -1.76. The van der Waals surface area contributed by atoms with Gasteiger partial charge in [0.1, 0.15) is 12.2 Å². The molecular weight excluding hydrogens is 260 g/mol. The highest BCUT2D eigenvalue weighted by molar-refractivity contribution is 5.91. The Morgan fingerprint density at radius 3 is 3.00 bits per heavy atom. The number of carbonyl (C=O) groups is 1. The van der Waals surface area contributed by atoms with Crippen LogP contribution in [-0.4, -0.2) is 64.5 Å². The van der Waals surface area contributed by atoms with E-state index in [-0.39, 0.29) is 19.1 Å². The Kier molecular flexibility index (Phi) is 4.84. The molecule has 1 aromatic heterocycles. The molecule has 0 spiro atoms. The van der Waals surface area contributed by atoms with Crippen LogP contribution in [0.3, 0.4) is 0 Å². The van der Waals surface area contributed by atoms with Gasteiger partial charge in [-0.05, 0) is 17.7 Å². The van der Waals surface area contributed by atoms with Crippen LogP contribution in [0.2, 0.25) is 0 Å². The molecule has 3 atom stereocenters. The lowest BCUT2D eigenvalue weighted by Gasteiger charge is -2.37. The summed E-state index contributed by atoms with van der Waals surface area (Å²) in [5, 5.41) is 19.4. The lowest BCUT2D eigenvalue weighted by atomic mass is 10.0. The number of aromatic nitrogens is 1. The lowest BCUT2D eigenvalue weighted by Crippen LogP contribution is -2.56. The number of aliphatic hydroxyl groups is 2. The molecule has 1 aliphatic heterocycles. The molecule has 2 N–H and O–H groups in total. The predicted molar refractivity (Wildman–Crippen MR) is 72.7 cm³/mol. The number of rotatable bonds is 3. The zero-order valence-corrected chi connectivity index (χ0v) is 11.2. The van der Waals surface area contributed by atoms with E-state index in [0.29, 0.717) is 0 Å². The summed E-state index contributed by atoms with van der Waals surface area (Å²) < 4.78 is 5.16. The summed E-state index contributed by atoms with van der Waals surface area (Å²) >= 11 is 0. The monoisotopic (exact) mass is 278 g/mol. The van der Waals surface area contributed by atoms with Crippen molar-refractivity contribution in [3.05, 3.63) is 36.2 Å². The smallest absolute Gasteiger partial charge is 0.246 e. The van der Waals surface area contributed by atoms with Crippen molar-refractivity contribution in [1.29, 1.82) is 0 Å². The standard InChI is InChI=1S/C14H18N2O4/c1-16(11-8-20-9-12(17)14(11)19)13(18)5-4-10-3-2-6-15-7-10/h2-7,11-12,14,17,19H,8-9H2,1H3/b5-4+/t11-,12-,14+/m1/s1. The number of nitrogens with zero attached hydrogens (tertiary/aromatic N) is 2. The zero-order chi connectivity index (χ0) is 14.5. The van der Waals surface area contributed by atoms with Crippen molar-refractivity contribution in [2.24, 2.45) is 0 Å². The third-order valence-electron chi connectivity index (χ3n) is 3.31. The average Bonchev–Trinajstić information content (AvgIpc) is 2.48. The van der Waals surface area contributed by atoms with Crippen LogP contribution in [0.15, 0.2) is 30.6 Å². The molecule has 0 unspecified atom stereocenters. The Morgan fingerprint density at radius 2 is 2.30 bits per heavy atom. The number of hydrogen-bond donors (Lipinski definition) is 2. The minimum Gasteiger partial charge on any atom is -0.388 e. The minimum absolute atomic E-state index is 0.0885. The van der Waals surface area contributed by atoms with E-state index >= 15 is 0 Å². The Labute approximate surface area is 117 Å². The number of aliphatic hydroxyl groups excluding tert-OH is 2. The summed E-state index contributed by atoms with van der Waals surface area (Å²) in [5.41, 5.74) is 0.815. The molecule has 1 fully saturated rings. The fourth-order valence-corrected chi connectivity index (χ4v) is 2.03. The first-order chi connectivity index (χ1) is 9.59. The van der Waals surface area contributed by atoms with Crippen molar-refractivity contribution in [3.8, 4) is 0 Å². The van der Waals surface area contributed by atoms with Crippen molar-refractivity contribution in [2.45, 2.75) is 18.2 Å². The number of carbonyl (C=O) groups excluding carboxylic acids is 1. The van der Waals surface area contributed by atoms with E-state index in [2.05, 4.69) is 4.98 Å². The molecule has 2 heterocycles. The molecule has 0 saturated carbocycles. The molecule has 1 aromatic rings. The van der Waals surface area contributed by atoms with Gasteiger partial charge in [0.15, 0.2) is 0 Å². The van der Waals surface area contributed by atoms with Crippen LogP contribution in [0.4, 0.5) is 0 Å². The van der Waals surface area contributed by atoms with E-state index in [0.717, 1.165) is 5.56 Å². The maximum Gasteiger partial charge on any atom is 0.246 e. The predicted octanol–water partition coefficient (Wildman–Crippen LogP) is -0.326. The molecule has 6 heteroatoms. The average molecular weight is 278 g/mol. The van der Waals surface area contributed by atoms with E-state index < -0.39 is 18.2 Å². The van der Waals surface area contributed by atoms with Crippen LogP contribution in [0.5, 0.6) is 0 Å². The largest absolute Gasteiger partial charge is 0.388 e. The number of likely N-dealkylation sites (N-methyl/N-ethyl adjacent to an activating group) is 1. The van der Waals surface area contributed by atoms with Crippen molar-refractivity contribution in [1.82, 2.24) is 9.88 Å². The van der Waals surface area contributed by atoms with Crippen LogP contribution in [0.25, 0.3) is 6.08 Å². The highest BCUT2D eigenvalue weighted by atomic mass is 16.5. The summed E-state index contributed by atoms with van der Waals surface area (Å²) in [6, 6.07) is 3.06. The molecule has 1 aliphatic rings. The van der Waals surface area contributed by atoms with E-state index in [1.165, 1.54) is 11.0 Å². The second-order valence-corrected chi connectivity index (χ2v) is 4.73. The van der Waals surface area contributed by atoms with Gasteiger partial charge < -0.3 is 19.8 Å². The highest BCUT2D eigenvalue weighted by Gasteiger charge is 2.35. The molecule has 6 nitrogen and oxygen atoms in total. The SMILES string of the molecule is CN(C(=O)/C=C/c1cccnc1)[C@@H]1COC[C@@H](O)[C@H]1O. The van der Waals surface area contributed by atoms with Gasteiger partial charge in [0.25, 0.3) is 0 Å². The van der Waals surface area contributed by atoms with Crippen molar-refractivity contribution in [2.75, 3.05) is 20.3 Å². The van der Waals surface area contributed by atoms with Crippen molar-refractivity contribution >= 4 is 12.0 Å². The van der Waals surface area contributed by atoms with Crippen LogP contribution < -0.4 is 0 Å². The second kappa shape index (κ2) is 6.60. The van der Waals surface area contributed by atoms with Gasteiger partial charge in [-0.2, -0.15) is 0 Å². The van der Waals surface area contributed by atoms with Gasteiger partial charge in [-0.15, -0.1) is 0 Å². The number of hydrogen-bond acceptors (Lipinski definition) is 5. The van der Waals surface area contributed by atoms with Crippen LogP contribution in [-0.2, 0) is 9.53 Å². The van der Waals surface area contributed by atoms with E-state index in [1.54, 1.807) is 31.6 Å². The lowest BCUT2D eigenvalue weighted by molar-refractivity contribution is -0.149. The Bertz CT molecular complexity index is 477. The normalized spacial score (nSPS) is 26.6. The second-order valence-electron chi connectivity index (χ2n) is 4.73. The zero-order valence-electron chi connectivity index (χ0n) is 11.2. The molecule has 1 amide bonds. The third kappa shape index (κ3) is 3.41. The summed E-state index contributed by atoms with van der Waals surface area (Å²) in [6.07, 6.45) is 4.40. The first-order valence-electron chi connectivity index (χ1n) is 6.38. The molecule has 2 rings (SSSR count). The van der Waals surface area contributed by atoms with Crippen molar-refractivity contribution in [3.63, 3.8) is 0 Å². The van der Waals surface area contributed by atoms with E-state index in [4.69, 9.17) is 4.74 Å². The van der Waals surface area contributed by atoms with Gasteiger partial charge in [-0.3, -0.25) is 9.78 Å². The third-order valence-corrected chi connectivity index (χ3v) is 3.31. The first-order valence-corrected chi connectivity index (χ1v) is 6.38. The summed E-state index contributed by atoms with van der Waals surface area (Å²) in [4.78, 5) is 17.4. The van der Waals surface area contributed by atoms with Crippen molar-refractivity contribution < 1.29 is 19.7 Å². The molecule has 0 radical (unpaired) electrons. The Balaban J connectivity index is 2.00. The van der Waals surface area contributed by atoms with Crippen LogP contribution in [0, 0.1) is 0 Å². The van der Waals surface area contributed by atoms with Gasteiger partial charge in [0.2, 0.25) is 5.91 Å². The minimum atomic E-state index is -0.996. The van der Waals surface area contributed by atoms with Crippen LogP contribution >= 0.6 is 0 Å². The fraction of sp³-hybridized carbons (Fsp3) is 0.429. The van der Waals surface area contributed by atoms with Gasteiger partial charge in [-0.25, -0.2) is 0 Å². The topological polar surface area (TPSA) is 82.9 Å². The van der Waals surface area contributed by atoms with E-state index in [1.807, 2.05) is 6.07 Å². The van der Waals surface area contributed by atoms with Gasteiger partial charge in [0, 0.05) is 25.5 Å². The highest BCUT2D eigenvalue weighted by Crippen LogP contribution is 2.14. The van der Waals surface area contributed by atoms with Gasteiger partial charge in [0.05, 0.1) is 19.3 Å². The van der Waals surface area contributed by atoms with E-state index in [9.17, 15) is 15.0 Å². The molecular formula is C14H18N2O4. The molecule has 108 valence electrons. The Morgan fingerprint density at radius 1 is 1.50 bits per heavy atom. The van der Waals surface area contributed by atoms with Gasteiger partial charge in [-0.1, -0.05) is 6.07 Å². The summed E-state index contributed by atoms with van der Waals surface area (Å²) in [7, 11) is 1.57. The maximum absolute atomic E-state index is 12.0.